The average molecular weight is 420 g/mol. The summed E-state index contributed by atoms with van der Waals surface area (Å²) in [6.07, 6.45) is -1.14. The summed E-state index contributed by atoms with van der Waals surface area (Å²) in [5.41, 5.74) is 1.10. The van der Waals surface area contributed by atoms with E-state index in [0.29, 0.717) is 11.4 Å². The van der Waals surface area contributed by atoms with Gasteiger partial charge in [-0.05, 0) is 62.4 Å². The van der Waals surface area contributed by atoms with Crippen LogP contribution in [-0.2, 0) is 9.53 Å². The number of hydrogen-bond acceptors (Lipinski definition) is 4. The van der Waals surface area contributed by atoms with E-state index in [1.54, 1.807) is 6.92 Å². The molecule has 0 bridgehead atoms. The van der Waals surface area contributed by atoms with Crippen LogP contribution in [0.2, 0.25) is 5.15 Å². The fourth-order valence-corrected chi connectivity index (χ4v) is 2.88. The third kappa shape index (κ3) is 4.60. The summed E-state index contributed by atoms with van der Waals surface area (Å²) in [5, 5.41) is 6.68. The summed E-state index contributed by atoms with van der Waals surface area (Å²) in [7, 11) is 0. The molecule has 0 fully saturated rings. The van der Waals surface area contributed by atoms with Gasteiger partial charge in [-0.25, -0.2) is 18.3 Å². The third-order valence-electron chi connectivity index (χ3n) is 4.04. The quantitative estimate of drug-likeness (QED) is 0.626. The maximum atomic E-state index is 13.1. The van der Waals surface area contributed by atoms with Gasteiger partial charge in [0.2, 0.25) is 0 Å². The van der Waals surface area contributed by atoms with Crippen molar-refractivity contribution in [3.8, 4) is 5.69 Å². The highest BCUT2D eigenvalue weighted by molar-refractivity contribution is 6.33. The van der Waals surface area contributed by atoms with E-state index in [-0.39, 0.29) is 16.4 Å². The van der Waals surface area contributed by atoms with E-state index >= 15 is 0 Å². The van der Waals surface area contributed by atoms with Crippen LogP contribution in [0.5, 0.6) is 0 Å². The smallest absolute Gasteiger partial charge is 0.344 e. The molecule has 2 aromatic carbocycles. The molecule has 3 aromatic rings. The van der Waals surface area contributed by atoms with Gasteiger partial charge in [-0.3, -0.25) is 4.79 Å². The number of nitrogens with one attached hydrogen (secondary N) is 1. The van der Waals surface area contributed by atoms with Crippen LogP contribution in [0, 0.1) is 18.6 Å². The van der Waals surface area contributed by atoms with Crippen molar-refractivity contribution in [3.05, 3.63) is 76.6 Å². The minimum Gasteiger partial charge on any atom is -0.449 e. The highest BCUT2D eigenvalue weighted by Crippen LogP contribution is 2.25. The van der Waals surface area contributed by atoms with E-state index in [0.717, 1.165) is 0 Å². The van der Waals surface area contributed by atoms with E-state index in [1.807, 2.05) is 0 Å². The first-order valence-electron chi connectivity index (χ1n) is 8.54. The average Bonchev–Trinajstić information content (AvgIpc) is 2.98. The molecule has 0 saturated heterocycles. The highest BCUT2D eigenvalue weighted by Gasteiger charge is 2.26. The summed E-state index contributed by atoms with van der Waals surface area (Å²) in [4.78, 5) is 24.8. The topological polar surface area (TPSA) is 73.2 Å². The molecule has 1 N–H and O–H groups in total. The number of nitrogens with zero attached hydrogens (tertiary/aromatic N) is 2. The van der Waals surface area contributed by atoms with E-state index in [2.05, 4.69) is 10.4 Å². The number of benzene rings is 2. The van der Waals surface area contributed by atoms with Crippen molar-refractivity contribution in [1.29, 1.82) is 0 Å². The number of esters is 1. The zero-order valence-corrected chi connectivity index (χ0v) is 16.2. The molecule has 0 aliphatic carbocycles. The zero-order valence-electron chi connectivity index (χ0n) is 15.4. The normalized spacial score (nSPS) is 11.8. The van der Waals surface area contributed by atoms with Crippen LogP contribution in [-0.4, -0.2) is 27.8 Å². The van der Waals surface area contributed by atoms with Gasteiger partial charge in [0.1, 0.15) is 22.4 Å². The molecule has 0 unspecified atom stereocenters. The van der Waals surface area contributed by atoms with E-state index in [9.17, 15) is 18.4 Å². The Balaban J connectivity index is 1.73. The molecule has 1 heterocycles. The second-order valence-corrected chi connectivity index (χ2v) is 6.54. The van der Waals surface area contributed by atoms with Crippen molar-refractivity contribution < 1.29 is 23.1 Å². The lowest BCUT2D eigenvalue weighted by atomic mass is 10.2. The number of carbonyl (C=O) groups excluding carboxylic acids is 2. The lowest BCUT2D eigenvalue weighted by Crippen LogP contribution is -2.30. The largest absolute Gasteiger partial charge is 0.449 e. The number of aromatic nitrogens is 2. The molecule has 6 nitrogen and oxygen atoms in total. The lowest BCUT2D eigenvalue weighted by molar-refractivity contribution is -0.123. The molecule has 0 aliphatic rings. The SMILES string of the molecule is Cc1nn(-c2ccc(F)cc2)c(Cl)c1C(=O)O[C@H](C)C(=O)Nc1ccc(F)cc1. The molecule has 0 saturated carbocycles. The molecule has 150 valence electrons. The molecular formula is C20H16ClF2N3O3. The van der Waals surface area contributed by atoms with E-state index in [4.69, 9.17) is 16.3 Å². The van der Waals surface area contributed by atoms with Crippen molar-refractivity contribution in [1.82, 2.24) is 9.78 Å². The molecule has 1 atom stereocenters. The molecule has 0 aliphatic heterocycles. The standard InChI is InChI=1S/C20H16ClF2N3O3/c1-11-17(18(21)26(25-11)16-9-5-14(23)6-10-16)20(28)29-12(2)19(27)24-15-7-3-13(22)4-8-15/h3-10,12H,1-2H3,(H,24,27)/t12-/m1/s1. The van der Waals surface area contributed by atoms with Crippen molar-refractivity contribution in [2.75, 3.05) is 5.32 Å². The second-order valence-electron chi connectivity index (χ2n) is 6.18. The van der Waals surface area contributed by atoms with Gasteiger partial charge < -0.3 is 10.1 Å². The third-order valence-corrected chi connectivity index (χ3v) is 4.39. The van der Waals surface area contributed by atoms with Crippen LogP contribution in [0.3, 0.4) is 0 Å². The number of rotatable bonds is 5. The van der Waals surface area contributed by atoms with Crippen LogP contribution >= 0.6 is 11.6 Å². The zero-order chi connectivity index (χ0) is 21.1. The second kappa shape index (κ2) is 8.40. The van der Waals surface area contributed by atoms with Crippen LogP contribution < -0.4 is 5.32 Å². The van der Waals surface area contributed by atoms with Gasteiger partial charge in [-0.1, -0.05) is 11.6 Å². The van der Waals surface area contributed by atoms with Crippen molar-refractivity contribution >= 4 is 29.2 Å². The lowest BCUT2D eigenvalue weighted by Gasteiger charge is -2.13. The summed E-state index contributed by atoms with van der Waals surface area (Å²) in [6, 6.07) is 10.6. The summed E-state index contributed by atoms with van der Waals surface area (Å²) in [5.74, 6) is -2.28. The fourth-order valence-electron chi connectivity index (χ4n) is 2.53. The van der Waals surface area contributed by atoms with Gasteiger partial charge >= 0.3 is 5.97 Å². The first kappa shape index (κ1) is 20.5. The highest BCUT2D eigenvalue weighted by atomic mass is 35.5. The Bertz CT molecular complexity index is 1050. The van der Waals surface area contributed by atoms with Gasteiger partial charge in [0.15, 0.2) is 6.10 Å². The fraction of sp³-hybridized carbons (Fsp3) is 0.150. The summed E-state index contributed by atoms with van der Waals surface area (Å²) in [6.45, 7) is 2.95. The number of anilines is 1. The van der Waals surface area contributed by atoms with Crippen LogP contribution in [0.1, 0.15) is 23.0 Å². The van der Waals surface area contributed by atoms with Gasteiger partial charge in [-0.2, -0.15) is 5.10 Å². The minimum absolute atomic E-state index is 0.00239. The molecule has 9 heteroatoms. The maximum Gasteiger partial charge on any atom is 0.344 e. The first-order valence-corrected chi connectivity index (χ1v) is 8.92. The van der Waals surface area contributed by atoms with Crippen LogP contribution in [0.25, 0.3) is 5.69 Å². The maximum absolute atomic E-state index is 13.1. The van der Waals surface area contributed by atoms with Crippen LogP contribution in [0.15, 0.2) is 48.5 Å². The molecule has 1 aromatic heterocycles. The number of amides is 1. The predicted octanol–water partition coefficient (Wildman–Crippen LogP) is 4.30. The molecule has 0 radical (unpaired) electrons. The molecule has 29 heavy (non-hydrogen) atoms. The first-order chi connectivity index (χ1) is 13.8. The van der Waals surface area contributed by atoms with E-state index < -0.39 is 29.6 Å². The Morgan fingerprint density at radius 2 is 1.62 bits per heavy atom. The molecule has 3 rings (SSSR count). The number of halogens is 3. The van der Waals surface area contributed by atoms with Crippen molar-refractivity contribution in [2.24, 2.45) is 0 Å². The van der Waals surface area contributed by atoms with Gasteiger partial charge in [0.05, 0.1) is 11.4 Å². The van der Waals surface area contributed by atoms with Gasteiger partial charge in [0.25, 0.3) is 5.91 Å². The Morgan fingerprint density at radius 3 is 2.21 bits per heavy atom. The molecule has 1 amide bonds. The Kier molecular flexibility index (Phi) is 5.93. The van der Waals surface area contributed by atoms with Crippen molar-refractivity contribution in [3.63, 3.8) is 0 Å². The molecule has 0 spiro atoms. The van der Waals surface area contributed by atoms with Crippen LogP contribution in [0.4, 0.5) is 14.5 Å². The van der Waals surface area contributed by atoms with Gasteiger partial charge in [-0.15, -0.1) is 0 Å². The van der Waals surface area contributed by atoms with Crippen molar-refractivity contribution in [2.45, 2.75) is 20.0 Å². The number of aryl methyl sites for hydroxylation is 1. The molecular weight excluding hydrogens is 404 g/mol. The Morgan fingerprint density at radius 1 is 1.07 bits per heavy atom. The number of carbonyl (C=O) groups is 2. The Labute approximate surface area is 170 Å². The summed E-state index contributed by atoms with van der Waals surface area (Å²) >= 11 is 6.28. The predicted molar refractivity (Wildman–Crippen MR) is 103 cm³/mol. The minimum atomic E-state index is -1.14. The monoisotopic (exact) mass is 419 g/mol. The number of ether oxygens (including phenoxy) is 1. The van der Waals surface area contributed by atoms with Gasteiger partial charge in [0, 0.05) is 5.69 Å². The Hall–Kier alpha value is -3.26. The number of hydrogen-bond donors (Lipinski definition) is 1. The van der Waals surface area contributed by atoms with E-state index in [1.165, 1.54) is 60.1 Å². The summed E-state index contributed by atoms with van der Waals surface area (Å²) < 4.78 is 32.5.